The van der Waals surface area contributed by atoms with E-state index in [1.54, 1.807) is 0 Å². The Hall–Kier alpha value is -2.92. The number of likely N-dealkylation sites (tertiary alicyclic amines) is 1. The lowest BCUT2D eigenvalue weighted by Crippen LogP contribution is -2.30. The summed E-state index contributed by atoms with van der Waals surface area (Å²) in [6, 6.07) is 25.4. The molecular weight excluding hydrogens is 577 g/mol. The number of aromatic nitrogens is 1. The summed E-state index contributed by atoms with van der Waals surface area (Å²) < 4.78 is 2.56. The monoisotopic (exact) mass is 606 g/mol. The fraction of sp³-hybridized carbons (Fsp3) is 0.267. The summed E-state index contributed by atoms with van der Waals surface area (Å²) in [6.07, 6.45) is 2.31. The molecule has 1 aromatic heterocycles. The van der Waals surface area contributed by atoms with Crippen LogP contribution in [0, 0.1) is 0 Å². The summed E-state index contributed by atoms with van der Waals surface area (Å²) in [5.41, 5.74) is 3.64. The first-order valence-corrected chi connectivity index (χ1v) is 16.2. The second-order valence-corrected chi connectivity index (χ2v) is 13.7. The molecule has 1 aliphatic heterocycles. The molecule has 2 heterocycles. The van der Waals surface area contributed by atoms with E-state index in [2.05, 4.69) is 20.5 Å². The molecule has 2 N–H and O–H groups in total. The van der Waals surface area contributed by atoms with Crippen LogP contribution in [0.3, 0.4) is 0 Å². The van der Waals surface area contributed by atoms with Crippen LogP contribution >= 0.6 is 47.1 Å². The van der Waals surface area contributed by atoms with Crippen molar-refractivity contribution < 1.29 is 9.59 Å². The number of thioether (sulfide) groups is 2. The van der Waals surface area contributed by atoms with Gasteiger partial charge in [-0.25, -0.2) is 4.98 Å². The molecule has 4 aromatic rings. The van der Waals surface area contributed by atoms with Gasteiger partial charge in [0.15, 0.2) is 4.34 Å². The molecule has 3 aromatic carbocycles. The van der Waals surface area contributed by atoms with Gasteiger partial charge < -0.3 is 15.5 Å². The second kappa shape index (κ2) is 13.6. The molecule has 1 saturated heterocycles. The van der Waals surface area contributed by atoms with Crippen molar-refractivity contribution in [1.29, 1.82) is 0 Å². The number of benzene rings is 3. The highest BCUT2D eigenvalue weighted by atomic mass is 32.2. The van der Waals surface area contributed by atoms with E-state index in [4.69, 9.17) is 12.2 Å². The number of fused-ring (bicyclic) bond motifs is 1. The maximum absolute atomic E-state index is 13.0. The van der Waals surface area contributed by atoms with Crippen molar-refractivity contribution in [2.45, 2.75) is 35.4 Å². The van der Waals surface area contributed by atoms with Crippen LogP contribution in [0.1, 0.15) is 36.9 Å². The van der Waals surface area contributed by atoms with Gasteiger partial charge in [-0.3, -0.25) is 9.59 Å². The molecule has 0 unspecified atom stereocenters. The number of carbonyl (C=O) groups excluding carboxylic acids is 2. The molecule has 0 aliphatic carbocycles. The molecule has 0 radical (unpaired) electrons. The van der Waals surface area contributed by atoms with Gasteiger partial charge in [-0.1, -0.05) is 96.4 Å². The second-order valence-electron chi connectivity index (χ2n) is 9.48. The number of amides is 2. The van der Waals surface area contributed by atoms with E-state index in [9.17, 15) is 9.59 Å². The summed E-state index contributed by atoms with van der Waals surface area (Å²) >= 11 is 9.90. The maximum Gasteiger partial charge on any atom is 0.237 e. The average Bonchev–Trinajstić information content (AvgIpc) is 3.66. The van der Waals surface area contributed by atoms with E-state index >= 15 is 0 Å². The van der Waals surface area contributed by atoms with Crippen LogP contribution in [-0.2, 0) is 9.59 Å². The summed E-state index contributed by atoms with van der Waals surface area (Å²) in [4.78, 5) is 32.6. The van der Waals surface area contributed by atoms with Crippen molar-refractivity contribution in [2.75, 3.05) is 24.2 Å². The number of hydrogen-bond acceptors (Lipinski definition) is 7. The molecule has 6 nitrogen and oxygen atoms in total. The fourth-order valence-corrected chi connectivity index (χ4v) is 7.78. The molecule has 0 spiro atoms. The average molecular weight is 607 g/mol. The van der Waals surface area contributed by atoms with Crippen molar-refractivity contribution >= 4 is 79.1 Å². The van der Waals surface area contributed by atoms with Crippen molar-refractivity contribution in [3.05, 3.63) is 90.0 Å². The van der Waals surface area contributed by atoms with Gasteiger partial charge in [0.05, 0.1) is 27.3 Å². The van der Waals surface area contributed by atoms with Crippen LogP contribution in [0.15, 0.2) is 83.2 Å². The first-order valence-electron chi connectivity index (χ1n) is 13.2. The minimum absolute atomic E-state index is 0.0618. The Kier molecular flexibility index (Phi) is 9.74. The normalized spacial score (nSPS) is 13.9. The summed E-state index contributed by atoms with van der Waals surface area (Å²) in [5.74, 6) is 0.118. The number of thiazole rings is 1. The molecule has 1 aliphatic rings. The van der Waals surface area contributed by atoms with Crippen LogP contribution in [0.4, 0.5) is 5.69 Å². The molecule has 40 heavy (non-hydrogen) atoms. The van der Waals surface area contributed by atoms with Gasteiger partial charge in [0.1, 0.15) is 4.32 Å². The summed E-state index contributed by atoms with van der Waals surface area (Å²) in [5, 5.41) is 5.91. The Morgan fingerprint density at radius 2 is 1.65 bits per heavy atom. The zero-order valence-electron chi connectivity index (χ0n) is 22.0. The smallest absolute Gasteiger partial charge is 0.237 e. The van der Waals surface area contributed by atoms with Crippen molar-refractivity contribution in [1.82, 2.24) is 15.2 Å². The highest BCUT2D eigenvalue weighted by Gasteiger charge is 2.22. The molecule has 1 fully saturated rings. The molecule has 10 heteroatoms. The molecule has 206 valence electrons. The van der Waals surface area contributed by atoms with Gasteiger partial charge in [-0.05, 0) is 49.1 Å². The number of hydrogen-bond donors (Lipinski definition) is 2. The topological polar surface area (TPSA) is 74.3 Å². The fourth-order valence-electron chi connectivity index (χ4n) is 4.45. The number of nitrogens with one attached hydrogen (secondary N) is 2. The van der Waals surface area contributed by atoms with E-state index in [1.165, 1.54) is 34.9 Å². The van der Waals surface area contributed by atoms with Gasteiger partial charge >= 0.3 is 0 Å². The van der Waals surface area contributed by atoms with Gasteiger partial charge in [0.25, 0.3) is 0 Å². The maximum atomic E-state index is 13.0. The Labute approximate surface area is 252 Å². The van der Waals surface area contributed by atoms with E-state index in [-0.39, 0.29) is 28.9 Å². The summed E-state index contributed by atoms with van der Waals surface area (Å²) in [7, 11) is 0. The quantitative estimate of drug-likeness (QED) is 0.162. The summed E-state index contributed by atoms with van der Waals surface area (Å²) in [6.45, 7) is 3.84. The van der Waals surface area contributed by atoms with Gasteiger partial charge in [-0.15, -0.1) is 11.3 Å². The Balaban J connectivity index is 1.18. The van der Waals surface area contributed by atoms with Gasteiger partial charge in [0.2, 0.25) is 11.8 Å². The van der Waals surface area contributed by atoms with Crippen molar-refractivity contribution in [2.24, 2.45) is 0 Å². The number of nitrogens with zero attached hydrogens (tertiary/aromatic N) is 2. The Morgan fingerprint density at radius 3 is 2.30 bits per heavy atom. The zero-order chi connectivity index (χ0) is 27.9. The highest BCUT2D eigenvalue weighted by Crippen LogP contribution is 2.32. The lowest BCUT2D eigenvalue weighted by molar-refractivity contribution is -0.119. The van der Waals surface area contributed by atoms with E-state index in [1.807, 2.05) is 85.8 Å². The minimum atomic E-state index is -0.287. The van der Waals surface area contributed by atoms with Crippen LogP contribution < -0.4 is 10.6 Å². The predicted molar refractivity (Wildman–Crippen MR) is 172 cm³/mol. The molecule has 1 atom stereocenters. The third-order valence-electron chi connectivity index (χ3n) is 6.55. The minimum Gasteiger partial charge on any atom is -0.358 e. The van der Waals surface area contributed by atoms with Crippen LogP contribution in [0.2, 0.25) is 0 Å². The number of carbonyl (C=O) groups is 2. The van der Waals surface area contributed by atoms with Crippen molar-refractivity contribution in [3.8, 4) is 0 Å². The lowest BCUT2D eigenvalue weighted by Gasteiger charge is -2.20. The zero-order valence-corrected chi connectivity index (χ0v) is 25.3. The first kappa shape index (κ1) is 28.6. The Bertz CT molecular complexity index is 1430. The number of thiocarbonyl (C=S) groups is 1. The van der Waals surface area contributed by atoms with E-state index < -0.39 is 0 Å². The molecule has 0 bridgehead atoms. The van der Waals surface area contributed by atoms with E-state index in [0.717, 1.165) is 61.6 Å². The van der Waals surface area contributed by atoms with Crippen LogP contribution in [0.5, 0.6) is 0 Å². The van der Waals surface area contributed by atoms with Gasteiger partial charge in [-0.2, -0.15) is 0 Å². The predicted octanol–water partition coefficient (Wildman–Crippen LogP) is 6.74. The van der Waals surface area contributed by atoms with Crippen molar-refractivity contribution in [3.63, 3.8) is 0 Å². The highest BCUT2D eigenvalue weighted by molar-refractivity contribution is 8.23. The molecule has 5 rings (SSSR count). The number of anilines is 1. The molecule has 0 saturated carbocycles. The molecule has 2 amide bonds. The SMILES string of the molecule is C[C@@H](SC(=S)N1CCCC1)C(=O)Nc1ccc2nc(SCC(=O)NC(c3ccccc3)c3ccccc3)sc2c1. The van der Waals surface area contributed by atoms with Crippen LogP contribution in [0.25, 0.3) is 10.2 Å². The van der Waals surface area contributed by atoms with Crippen LogP contribution in [-0.4, -0.2) is 50.1 Å². The van der Waals surface area contributed by atoms with Gasteiger partial charge in [0, 0.05) is 18.8 Å². The lowest BCUT2D eigenvalue weighted by atomic mass is 9.99. The standard InChI is InChI=1S/C30H30N4O2S4/c1-20(39-30(37)34-16-8-9-17-34)28(36)31-23-14-15-24-25(18-23)40-29(32-24)38-19-26(35)33-27(21-10-4-2-5-11-21)22-12-6-3-7-13-22/h2-7,10-15,18,20,27H,8-9,16-17,19H2,1H3,(H,31,36)(H,33,35)/t20-/m1/s1. The third kappa shape index (κ3) is 7.42. The molecular formula is C30H30N4O2S4. The number of rotatable bonds is 9. The third-order valence-corrected chi connectivity index (χ3v) is 10.3. The van der Waals surface area contributed by atoms with E-state index in [0.29, 0.717) is 0 Å². The first-order chi connectivity index (χ1) is 19.5. The Morgan fingerprint density at radius 1 is 1.00 bits per heavy atom. The largest absolute Gasteiger partial charge is 0.358 e.